The molecular formula is C19H24O3S2. The molecule has 130 valence electrons. The average Bonchev–Trinajstić information content (AvgIpc) is 2.58. The third-order valence-electron chi connectivity index (χ3n) is 3.59. The van der Waals surface area contributed by atoms with E-state index in [1.165, 1.54) is 5.56 Å². The zero-order valence-corrected chi connectivity index (χ0v) is 15.6. The van der Waals surface area contributed by atoms with Gasteiger partial charge in [-0.3, -0.25) is 0 Å². The summed E-state index contributed by atoms with van der Waals surface area (Å²) in [6.07, 6.45) is 2.81. The zero-order chi connectivity index (χ0) is 17.3. The number of ether oxygens (including phenoxy) is 1. The van der Waals surface area contributed by atoms with Gasteiger partial charge in [0.25, 0.3) is 0 Å². The zero-order valence-electron chi connectivity index (χ0n) is 14.0. The van der Waals surface area contributed by atoms with Gasteiger partial charge in [-0.2, -0.15) is 0 Å². The quantitative estimate of drug-likeness (QED) is 0.448. The largest absolute Gasteiger partial charge is 0.377 e. The highest BCUT2D eigenvalue weighted by Gasteiger charge is 2.14. The van der Waals surface area contributed by atoms with Gasteiger partial charge in [-0.1, -0.05) is 54.4 Å². The lowest BCUT2D eigenvalue weighted by molar-refractivity contribution is 0.117. The van der Waals surface area contributed by atoms with Gasteiger partial charge in [-0.05, 0) is 48.3 Å². The van der Waals surface area contributed by atoms with Crippen LogP contribution in [0.15, 0.2) is 59.5 Å². The van der Waals surface area contributed by atoms with Crippen LogP contribution in [0.5, 0.6) is 0 Å². The van der Waals surface area contributed by atoms with Gasteiger partial charge in [0, 0.05) is 12.4 Å². The summed E-state index contributed by atoms with van der Waals surface area (Å²) in [5.74, 6) is 0.620. The topological polar surface area (TPSA) is 43.4 Å². The number of hydrogen-bond acceptors (Lipinski definition) is 4. The highest BCUT2D eigenvalue weighted by atomic mass is 33.1. The highest BCUT2D eigenvalue weighted by Crippen LogP contribution is 2.24. The first-order valence-corrected chi connectivity index (χ1v) is 11.1. The number of rotatable bonds is 10. The summed E-state index contributed by atoms with van der Waals surface area (Å²) in [7, 11) is -2.20. The van der Waals surface area contributed by atoms with E-state index in [-0.39, 0.29) is 0 Å². The van der Waals surface area contributed by atoms with Crippen LogP contribution in [0.4, 0.5) is 0 Å². The van der Waals surface area contributed by atoms with Gasteiger partial charge in [0.15, 0.2) is 0 Å². The Balaban J connectivity index is 1.57. The van der Waals surface area contributed by atoms with Crippen molar-refractivity contribution in [1.29, 1.82) is 0 Å². The Morgan fingerprint density at radius 3 is 2.33 bits per heavy atom. The molecule has 0 amide bonds. The SMILES string of the molecule is Cc1ccc(S(=O)(=O)SCCCCCOCc2ccccc2)cc1. The van der Waals surface area contributed by atoms with Crippen molar-refractivity contribution in [2.75, 3.05) is 12.4 Å². The molecule has 0 fully saturated rings. The summed E-state index contributed by atoms with van der Waals surface area (Å²) in [4.78, 5) is 0.393. The maximum absolute atomic E-state index is 12.2. The van der Waals surface area contributed by atoms with Crippen LogP contribution in [0.2, 0.25) is 0 Å². The van der Waals surface area contributed by atoms with Gasteiger partial charge in [-0.15, -0.1) is 0 Å². The molecule has 0 aliphatic heterocycles. The van der Waals surface area contributed by atoms with Crippen molar-refractivity contribution in [2.45, 2.75) is 37.7 Å². The second-order valence-electron chi connectivity index (χ2n) is 5.69. The third-order valence-corrected chi connectivity index (χ3v) is 7.22. The van der Waals surface area contributed by atoms with Crippen LogP contribution in [0, 0.1) is 6.92 Å². The summed E-state index contributed by atoms with van der Waals surface area (Å²) in [6, 6.07) is 17.1. The lowest BCUT2D eigenvalue weighted by atomic mass is 10.2. The van der Waals surface area contributed by atoms with E-state index in [4.69, 9.17) is 4.74 Å². The van der Waals surface area contributed by atoms with Gasteiger partial charge in [0.05, 0.1) is 11.5 Å². The van der Waals surface area contributed by atoms with E-state index >= 15 is 0 Å². The smallest absolute Gasteiger partial charge is 0.229 e. The van der Waals surface area contributed by atoms with Crippen molar-refractivity contribution >= 4 is 19.7 Å². The lowest BCUT2D eigenvalue weighted by Gasteiger charge is -2.06. The summed E-state index contributed by atoms with van der Waals surface area (Å²) in [5, 5.41) is 0. The highest BCUT2D eigenvalue weighted by molar-refractivity contribution is 8.72. The second-order valence-corrected chi connectivity index (χ2v) is 9.74. The minimum atomic E-state index is -3.23. The molecule has 0 aromatic heterocycles. The van der Waals surface area contributed by atoms with Gasteiger partial charge >= 0.3 is 0 Å². The van der Waals surface area contributed by atoms with Crippen molar-refractivity contribution in [3.8, 4) is 0 Å². The van der Waals surface area contributed by atoms with Crippen LogP contribution >= 0.6 is 10.8 Å². The van der Waals surface area contributed by atoms with Crippen molar-refractivity contribution in [2.24, 2.45) is 0 Å². The molecule has 0 atom stereocenters. The summed E-state index contributed by atoms with van der Waals surface area (Å²) >= 11 is 0. The number of hydrogen-bond donors (Lipinski definition) is 0. The Bertz CT molecular complexity index is 695. The standard InChI is InChI=1S/C19H24O3S2/c1-17-10-12-19(13-11-17)24(20,21)23-15-7-3-6-14-22-16-18-8-4-2-5-9-18/h2,4-5,8-13H,3,6-7,14-16H2,1H3. The molecule has 0 N–H and O–H groups in total. The van der Waals surface area contributed by atoms with Crippen LogP contribution in [-0.4, -0.2) is 20.8 Å². The van der Waals surface area contributed by atoms with Crippen LogP contribution < -0.4 is 0 Å². The maximum Gasteiger partial charge on any atom is 0.229 e. The van der Waals surface area contributed by atoms with Crippen molar-refractivity contribution < 1.29 is 13.2 Å². The predicted molar refractivity (Wildman–Crippen MR) is 101 cm³/mol. The third kappa shape index (κ3) is 6.67. The second kappa shape index (κ2) is 9.87. The molecule has 3 nitrogen and oxygen atoms in total. The van der Waals surface area contributed by atoms with Crippen LogP contribution in [-0.2, 0) is 20.2 Å². The van der Waals surface area contributed by atoms with Crippen molar-refractivity contribution in [1.82, 2.24) is 0 Å². The summed E-state index contributed by atoms with van der Waals surface area (Å²) < 4.78 is 30.0. The Morgan fingerprint density at radius 1 is 0.917 bits per heavy atom. The molecule has 5 heteroatoms. The van der Waals surface area contributed by atoms with E-state index in [0.29, 0.717) is 23.9 Å². The fraction of sp³-hybridized carbons (Fsp3) is 0.368. The first-order chi connectivity index (χ1) is 11.6. The van der Waals surface area contributed by atoms with Crippen molar-refractivity contribution in [3.63, 3.8) is 0 Å². The maximum atomic E-state index is 12.2. The van der Waals surface area contributed by atoms with Crippen LogP contribution in [0.1, 0.15) is 30.4 Å². The number of benzene rings is 2. The van der Waals surface area contributed by atoms with E-state index in [1.54, 1.807) is 12.1 Å². The molecule has 2 aromatic carbocycles. The van der Waals surface area contributed by atoms with Gasteiger partial charge in [0.1, 0.15) is 0 Å². The van der Waals surface area contributed by atoms with Crippen LogP contribution in [0.25, 0.3) is 0 Å². The molecule has 0 unspecified atom stereocenters. The monoisotopic (exact) mass is 364 g/mol. The molecule has 24 heavy (non-hydrogen) atoms. The molecular weight excluding hydrogens is 340 g/mol. The van der Waals surface area contributed by atoms with Gasteiger partial charge in [0.2, 0.25) is 8.87 Å². The van der Waals surface area contributed by atoms with Gasteiger partial charge < -0.3 is 4.74 Å². The van der Waals surface area contributed by atoms with E-state index in [9.17, 15) is 8.42 Å². The Labute approximate surface area is 148 Å². The molecule has 0 aliphatic carbocycles. The Hall–Kier alpha value is -1.30. The van der Waals surface area contributed by atoms with E-state index in [0.717, 1.165) is 35.6 Å². The first kappa shape index (κ1) is 19.0. The summed E-state index contributed by atoms with van der Waals surface area (Å²) in [5.41, 5.74) is 2.24. The van der Waals surface area contributed by atoms with Crippen molar-refractivity contribution in [3.05, 3.63) is 65.7 Å². The Kier molecular flexibility index (Phi) is 7.82. The molecule has 0 heterocycles. The average molecular weight is 365 g/mol. The normalized spacial score (nSPS) is 11.5. The number of unbranched alkanes of at least 4 members (excludes halogenated alkanes) is 2. The molecule has 0 bridgehead atoms. The fourth-order valence-corrected chi connectivity index (χ4v) is 5.09. The Morgan fingerprint density at radius 2 is 1.62 bits per heavy atom. The molecule has 0 aliphatic rings. The molecule has 2 aromatic rings. The minimum absolute atomic E-state index is 0.393. The lowest BCUT2D eigenvalue weighted by Crippen LogP contribution is -1.98. The molecule has 0 radical (unpaired) electrons. The van der Waals surface area contributed by atoms with E-state index in [2.05, 4.69) is 0 Å². The molecule has 0 saturated heterocycles. The van der Waals surface area contributed by atoms with Crippen LogP contribution in [0.3, 0.4) is 0 Å². The van der Waals surface area contributed by atoms with E-state index < -0.39 is 8.87 Å². The first-order valence-electron chi connectivity index (χ1n) is 8.16. The molecule has 0 spiro atoms. The number of aryl methyl sites for hydroxylation is 1. The fourth-order valence-electron chi connectivity index (χ4n) is 2.19. The minimum Gasteiger partial charge on any atom is -0.377 e. The van der Waals surface area contributed by atoms with E-state index in [1.807, 2.05) is 49.4 Å². The molecule has 2 rings (SSSR count). The van der Waals surface area contributed by atoms with Gasteiger partial charge in [-0.25, -0.2) is 8.42 Å². The molecule has 0 saturated carbocycles. The summed E-state index contributed by atoms with van der Waals surface area (Å²) in [6.45, 7) is 3.30. The predicted octanol–water partition coefficient (Wildman–Crippen LogP) is 4.80.